The van der Waals surface area contributed by atoms with Gasteiger partial charge in [-0.3, -0.25) is 9.00 Å². The van der Waals surface area contributed by atoms with E-state index in [1.807, 2.05) is 0 Å². The molecule has 2 unspecified atom stereocenters. The quantitative estimate of drug-likeness (QED) is 0.803. The molecule has 9 heteroatoms. The van der Waals surface area contributed by atoms with Crippen LogP contribution >= 0.6 is 22.3 Å². The monoisotopic (exact) mass is 371 g/mol. The maximum Gasteiger partial charge on any atom is 0.262 e. The first-order valence-corrected chi connectivity index (χ1v) is 10.3. The van der Waals surface area contributed by atoms with Crippen LogP contribution in [0, 0.1) is 6.92 Å². The summed E-state index contributed by atoms with van der Waals surface area (Å²) in [6, 6.07) is 2.29. The fourth-order valence-electron chi connectivity index (χ4n) is 1.75. The predicted octanol–water partition coefficient (Wildman–Crippen LogP) is 2.07. The van der Waals surface area contributed by atoms with Gasteiger partial charge in [0.25, 0.3) is 15.0 Å². The number of rotatable bonds is 5. The molecule has 2 atom stereocenters. The average Bonchev–Trinajstić information content (AvgIpc) is 2.29. The molecule has 1 amide bonds. The summed E-state index contributed by atoms with van der Waals surface area (Å²) in [5.41, 5.74) is 0.556. The number of hydrogen-bond acceptors (Lipinski definition) is 4. The molecule has 0 aliphatic rings. The second-order valence-corrected chi connectivity index (χ2v) is 9.05. The SMILES string of the molecule is Cc1cc(C(=O)NC(C)CS(C)=O)cc(S(=O)(=O)Cl)c1Cl. The summed E-state index contributed by atoms with van der Waals surface area (Å²) in [5, 5.41) is 2.63. The Kier molecular flexibility index (Phi) is 6.22. The molecule has 21 heavy (non-hydrogen) atoms. The largest absolute Gasteiger partial charge is 0.349 e. The van der Waals surface area contributed by atoms with Crippen molar-refractivity contribution in [2.75, 3.05) is 12.0 Å². The molecular weight excluding hydrogens is 357 g/mol. The molecule has 0 aliphatic heterocycles. The fraction of sp³-hybridized carbons (Fsp3) is 0.417. The lowest BCUT2D eigenvalue weighted by Gasteiger charge is -2.14. The number of benzene rings is 1. The lowest BCUT2D eigenvalue weighted by atomic mass is 10.1. The van der Waals surface area contributed by atoms with E-state index in [1.54, 1.807) is 13.8 Å². The molecule has 0 heterocycles. The second kappa shape index (κ2) is 7.09. The molecule has 118 valence electrons. The van der Waals surface area contributed by atoms with Crippen molar-refractivity contribution < 1.29 is 17.4 Å². The standard InChI is InChI=1S/C12H15Cl2NO4S2/c1-7-4-9(5-10(11(7)13)21(14,18)19)12(16)15-8(2)6-20(3)17/h4-5,8H,6H2,1-3H3,(H,15,16). The Balaban J connectivity index is 3.12. The van der Waals surface area contributed by atoms with Gasteiger partial charge in [0.05, 0.1) is 5.02 Å². The second-order valence-electron chi connectivity index (χ2n) is 4.66. The Morgan fingerprint density at radius 3 is 2.48 bits per heavy atom. The Morgan fingerprint density at radius 1 is 1.43 bits per heavy atom. The molecule has 0 spiro atoms. The lowest BCUT2D eigenvalue weighted by Crippen LogP contribution is -2.36. The molecule has 0 aliphatic carbocycles. The molecule has 0 saturated heterocycles. The number of amides is 1. The lowest BCUT2D eigenvalue weighted by molar-refractivity contribution is 0.0943. The van der Waals surface area contributed by atoms with Crippen molar-refractivity contribution >= 4 is 48.0 Å². The van der Waals surface area contributed by atoms with Crippen LogP contribution < -0.4 is 5.32 Å². The van der Waals surface area contributed by atoms with Crippen molar-refractivity contribution in [3.05, 3.63) is 28.3 Å². The highest BCUT2D eigenvalue weighted by Crippen LogP contribution is 2.29. The average molecular weight is 372 g/mol. The van der Waals surface area contributed by atoms with Gasteiger partial charge in [-0.1, -0.05) is 11.6 Å². The normalized spacial score (nSPS) is 14.5. The van der Waals surface area contributed by atoms with Gasteiger partial charge in [-0.25, -0.2) is 8.42 Å². The third-order valence-corrected chi connectivity index (χ3v) is 5.54. The Labute approximate surface area is 135 Å². The number of nitrogens with one attached hydrogen (secondary N) is 1. The van der Waals surface area contributed by atoms with E-state index in [1.165, 1.54) is 12.3 Å². The van der Waals surface area contributed by atoms with E-state index in [-0.39, 0.29) is 21.5 Å². The van der Waals surface area contributed by atoms with Crippen molar-refractivity contribution in [3.8, 4) is 0 Å². The zero-order chi connectivity index (χ0) is 16.4. The Morgan fingerprint density at radius 2 is 2.00 bits per heavy atom. The first-order valence-electron chi connectivity index (χ1n) is 5.88. The van der Waals surface area contributed by atoms with Gasteiger partial charge in [-0.05, 0) is 31.5 Å². The third-order valence-electron chi connectivity index (χ3n) is 2.61. The number of hydrogen-bond donors (Lipinski definition) is 1. The van der Waals surface area contributed by atoms with Gasteiger partial charge in [0.1, 0.15) is 4.90 Å². The summed E-state index contributed by atoms with van der Waals surface area (Å²) in [6.45, 7) is 3.29. The molecule has 1 aromatic rings. The molecule has 1 rings (SSSR count). The van der Waals surface area contributed by atoms with Crippen LogP contribution in [0.5, 0.6) is 0 Å². The number of halogens is 2. The van der Waals surface area contributed by atoms with Gasteiger partial charge >= 0.3 is 0 Å². The van der Waals surface area contributed by atoms with Crippen LogP contribution in [0.1, 0.15) is 22.8 Å². The minimum atomic E-state index is -4.05. The maximum absolute atomic E-state index is 12.1. The number of carbonyl (C=O) groups excluding carboxylic acids is 1. The minimum Gasteiger partial charge on any atom is -0.349 e. The van der Waals surface area contributed by atoms with Crippen LogP contribution in [0.3, 0.4) is 0 Å². The van der Waals surface area contributed by atoms with Crippen LogP contribution in [-0.2, 0) is 19.9 Å². The third kappa shape index (κ3) is 5.25. The highest BCUT2D eigenvalue weighted by atomic mass is 35.7. The summed E-state index contributed by atoms with van der Waals surface area (Å²) < 4.78 is 34.0. The van der Waals surface area contributed by atoms with Gasteiger partial charge in [0.15, 0.2) is 0 Å². The first-order chi connectivity index (χ1) is 9.52. The highest BCUT2D eigenvalue weighted by molar-refractivity contribution is 8.13. The maximum atomic E-state index is 12.1. The van der Waals surface area contributed by atoms with E-state index in [0.29, 0.717) is 11.3 Å². The molecule has 1 N–H and O–H groups in total. The van der Waals surface area contributed by atoms with Crippen LogP contribution in [0.15, 0.2) is 17.0 Å². The van der Waals surface area contributed by atoms with Gasteiger partial charge in [-0.15, -0.1) is 0 Å². The Bertz CT molecular complexity index is 689. The molecule has 1 aromatic carbocycles. The first kappa shape index (κ1) is 18.4. The van der Waals surface area contributed by atoms with Crippen molar-refractivity contribution in [2.24, 2.45) is 0 Å². The summed E-state index contributed by atoms with van der Waals surface area (Å²) in [5.74, 6) is -0.173. The summed E-state index contributed by atoms with van der Waals surface area (Å²) >= 11 is 5.89. The molecule has 0 fully saturated rings. The molecule has 0 saturated carbocycles. The Hall–Kier alpha value is -0.630. The van der Waals surface area contributed by atoms with E-state index >= 15 is 0 Å². The topological polar surface area (TPSA) is 80.3 Å². The smallest absolute Gasteiger partial charge is 0.262 e. The van der Waals surface area contributed by atoms with Gasteiger partial charge in [0, 0.05) is 45.1 Å². The van der Waals surface area contributed by atoms with E-state index in [0.717, 1.165) is 6.07 Å². The van der Waals surface area contributed by atoms with Crippen LogP contribution in [-0.4, -0.2) is 36.6 Å². The van der Waals surface area contributed by atoms with Gasteiger partial charge in [-0.2, -0.15) is 0 Å². The van der Waals surface area contributed by atoms with Gasteiger partial charge < -0.3 is 5.32 Å². The summed E-state index contributed by atoms with van der Waals surface area (Å²) in [4.78, 5) is 11.8. The molecule has 5 nitrogen and oxygen atoms in total. The van der Waals surface area contributed by atoms with Crippen molar-refractivity contribution in [3.63, 3.8) is 0 Å². The number of carbonyl (C=O) groups is 1. The van der Waals surface area contributed by atoms with Crippen LogP contribution in [0.4, 0.5) is 0 Å². The molecule has 0 aromatic heterocycles. The van der Waals surface area contributed by atoms with Crippen LogP contribution in [0.2, 0.25) is 5.02 Å². The van der Waals surface area contributed by atoms with E-state index < -0.39 is 25.8 Å². The minimum absolute atomic E-state index is 0.00994. The zero-order valence-electron chi connectivity index (χ0n) is 11.6. The summed E-state index contributed by atoms with van der Waals surface area (Å²) in [6.07, 6.45) is 1.53. The van der Waals surface area contributed by atoms with Crippen molar-refractivity contribution in [1.82, 2.24) is 5.32 Å². The summed E-state index contributed by atoms with van der Waals surface area (Å²) in [7, 11) is 0.207. The highest BCUT2D eigenvalue weighted by Gasteiger charge is 2.20. The van der Waals surface area contributed by atoms with Crippen LogP contribution in [0.25, 0.3) is 0 Å². The van der Waals surface area contributed by atoms with Gasteiger partial charge in [0.2, 0.25) is 0 Å². The molecular formula is C12H15Cl2NO4S2. The van der Waals surface area contributed by atoms with E-state index in [9.17, 15) is 17.4 Å². The zero-order valence-corrected chi connectivity index (χ0v) is 14.8. The molecule has 0 radical (unpaired) electrons. The van der Waals surface area contributed by atoms with Crippen molar-refractivity contribution in [2.45, 2.75) is 24.8 Å². The van der Waals surface area contributed by atoms with E-state index in [2.05, 4.69) is 5.32 Å². The van der Waals surface area contributed by atoms with Crippen molar-refractivity contribution in [1.29, 1.82) is 0 Å². The number of aryl methyl sites for hydroxylation is 1. The van der Waals surface area contributed by atoms with E-state index in [4.69, 9.17) is 22.3 Å². The molecule has 0 bridgehead atoms. The fourth-order valence-corrected chi connectivity index (χ4v) is 4.07. The predicted molar refractivity (Wildman–Crippen MR) is 85.1 cm³/mol.